The minimum absolute atomic E-state index is 0.0433. The lowest BCUT2D eigenvalue weighted by Crippen LogP contribution is -2.42. The lowest BCUT2D eigenvalue weighted by molar-refractivity contribution is -0.148. The molecule has 7 heteroatoms. The van der Waals surface area contributed by atoms with Crippen molar-refractivity contribution in [2.45, 2.75) is 18.7 Å². The van der Waals surface area contributed by atoms with E-state index in [4.69, 9.17) is 4.74 Å². The van der Waals surface area contributed by atoms with Gasteiger partial charge in [0.1, 0.15) is 0 Å². The molecule has 1 N–H and O–H groups in total. The van der Waals surface area contributed by atoms with E-state index in [1.165, 1.54) is 11.0 Å². The Labute approximate surface area is 152 Å². The smallest absolute Gasteiger partial charge is 0.331 e. The van der Waals surface area contributed by atoms with Gasteiger partial charge < -0.3 is 15.0 Å². The molecule has 0 heterocycles. The van der Waals surface area contributed by atoms with Gasteiger partial charge in [0.25, 0.3) is 5.91 Å². The zero-order valence-electron chi connectivity index (χ0n) is 14.8. The number of hydrogen-bond acceptors (Lipinski definition) is 5. The summed E-state index contributed by atoms with van der Waals surface area (Å²) in [6.45, 7) is 4.00. The largest absolute Gasteiger partial charge is 0.452 e. The van der Waals surface area contributed by atoms with Gasteiger partial charge in [-0.2, -0.15) is 0 Å². The molecule has 0 radical (unpaired) electrons. The Hall–Kier alpha value is -2.28. The summed E-state index contributed by atoms with van der Waals surface area (Å²) in [5.41, 5.74) is 0.868. The van der Waals surface area contributed by atoms with Crippen molar-refractivity contribution < 1.29 is 19.1 Å². The number of nitrogens with one attached hydrogen (secondary N) is 1. The lowest BCUT2D eigenvalue weighted by Gasteiger charge is -2.19. The number of amides is 2. The number of rotatable bonds is 9. The second-order valence-corrected chi connectivity index (χ2v) is 5.96. The fourth-order valence-corrected chi connectivity index (χ4v) is 2.36. The normalized spacial score (nSPS) is 10.5. The quantitative estimate of drug-likeness (QED) is 0.412. The summed E-state index contributed by atoms with van der Waals surface area (Å²) in [5, 5.41) is 2.62. The molecule has 0 aromatic heterocycles. The van der Waals surface area contributed by atoms with Crippen molar-refractivity contribution in [3.05, 3.63) is 35.9 Å². The van der Waals surface area contributed by atoms with Crippen molar-refractivity contribution in [3.8, 4) is 0 Å². The van der Waals surface area contributed by atoms with E-state index in [1.54, 1.807) is 31.7 Å². The third-order valence-corrected chi connectivity index (χ3v) is 4.05. The van der Waals surface area contributed by atoms with Crippen LogP contribution in [-0.4, -0.2) is 55.2 Å². The maximum Gasteiger partial charge on any atom is 0.331 e. The van der Waals surface area contributed by atoms with Crippen molar-refractivity contribution in [2.24, 2.45) is 0 Å². The number of carbonyl (C=O) groups is 3. The Bertz CT molecular complexity index is 614. The van der Waals surface area contributed by atoms with Gasteiger partial charge in [-0.25, -0.2) is 4.79 Å². The van der Waals surface area contributed by atoms with Gasteiger partial charge >= 0.3 is 5.97 Å². The minimum atomic E-state index is -0.601. The predicted molar refractivity (Wildman–Crippen MR) is 99.2 cm³/mol. The summed E-state index contributed by atoms with van der Waals surface area (Å²) < 4.78 is 4.94. The van der Waals surface area contributed by atoms with Crippen LogP contribution >= 0.6 is 11.8 Å². The highest BCUT2D eigenvalue weighted by atomic mass is 32.2. The van der Waals surface area contributed by atoms with Gasteiger partial charge in [-0.3, -0.25) is 9.59 Å². The molecule has 1 aromatic carbocycles. The Morgan fingerprint density at radius 1 is 1.20 bits per heavy atom. The maximum absolute atomic E-state index is 12.0. The summed E-state index contributed by atoms with van der Waals surface area (Å²) in [7, 11) is 0. The molecule has 0 spiro atoms. The van der Waals surface area contributed by atoms with Crippen LogP contribution in [0.1, 0.15) is 19.4 Å². The number of nitrogens with zero attached hydrogens (tertiary/aromatic N) is 1. The molecular weight excluding hydrogens is 340 g/mol. The first-order valence-electron chi connectivity index (χ1n) is 8.03. The van der Waals surface area contributed by atoms with E-state index in [2.05, 4.69) is 5.32 Å². The molecule has 0 unspecified atom stereocenters. The van der Waals surface area contributed by atoms with Crippen LogP contribution in [0.15, 0.2) is 35.2 Å². The molecule has 2 amide bonds. The van der Waals surface area contributed by atoms with Crippen molar-refractivity contribution in [2.75, 3.05) is 32.5 Å². The number of ether oxygens (including phenoxy) is 1. The molecule has 1 rings (SSSR count). The highest BCUT2D eigenvalue weighted by Gasteiger charge is 2.16. The molecule has 1 aromatic rings. The van der Waals surface area contributed by atoms with Crippen LogP contribution < -0.4 is 5.32 Å². The molecular formula is C18H24N2O4S. The molecule has 0 atom stereocenters. The van der Waals surface area contributed by atoms with E-state index in [1.807, 2.05) is 30.5 Å². The fraction of sp³-hybridized carbons (Fsp3) is 0.389. The van der Waals surface area contributed by atoms with Gasteiger partial charge in [-0.1, -0.05) is 12.1 Å². The molecule has 0 saturated heterocycles. The average Bonchev–Trinajstić information content (AvgIpc) is 2.63. The third kappa shape index (κ3) is 7.89. The van der Waals surface area contributed by atoms with E-state index < -0.39 is 11.9 Å². The van der Waals surface area contributed by atoms with Gasteiger partial charge in [-0.05, 0) is 43.9 Å². The van der Waals surface area contributed by atoms with Crippen LogP contribution in [0.5, 0.6) is 0 Å². The van der Waals surface area contributed by atoms with E-state index in [0.29, 0.717) is 13.1 Å². The molecule has 6 nitrogen and oxygen atoms in total. The molecule has 0 aliphatic heterocycles. The Kier molecular flexibility index (Phi) is 9.39. The second-order valence-electron chi connectivity index (χ2n) is 5.08. The van der Waals surface area contributed by atoms with Crippen LogP contribution in [0.25, 0.3) is 6.08 Å². The molecule has 25 heavy (non-hydrogen) atoms. The highest BCUT2D eigenvalue weighted by Crippen LogP contribution is 2.15. The summed E-state index contributed by atoms with van der Waals surface area (Å²) >= 11 is 1.64. The van der Waals surface area contributed by atoms with Crippen LogP contribution in [0.3, 0.4) is 0 Å². The number of benzene rings is 1. The van der Waals surface area contributed by atoms with Crippen molar-refractivity contribution >= 4 is 35.6 Å². The summed E-state index contributed by atoms with van der Waals surface area (Å²) in [5.74, 6) is -1.24. The molecule has 0 saturated carbocycles. The van der Waals surface area contributed by atoms with Gasteiger partial charge in [0.05, 0.1) is 6.54 Å². The number of hydrogen-bond donors (Lipinski definition) is 1. The number of esters is 1. The third-order valence-electron chi connectivity index (χ3n) is 3.31. The molecule has 0 fully saturated rings. The summed E-state index contributed by atoms with van der Waals surface area (Å²) in [6, 6.07) is 7.71. The second kappa shape index (κ2) is 11.3. The number of likely N-dealkylation sites (N-methyl/N-ethyl adjacent to an activating group) is 2. The number of carbonyl (C=O) groups excluding carboxylic acids is 3. The van der Waals surface area contributed by atoms with E-state index in [9.17, 15) is 14.4 Å². The molecule has 0 aliphatic carbocycles. The summed E-state index contributed by atoms with van der Waals surface area (Å²) in [4.78, 5) is 37.7. The first-order valence-corrected chi connectivity index (χ1v) is 9.26. The number of thioether (sulfide) groups is 1. The van der Waals surface area contributed by atoms with Crippen LogP contribution in [-0.2, 0) is 19.1 Å². The Morgan fingerprint density at radius 3 is 2.44 bits per heavy atom. The Balaban J connectivity index is 2.46. The van der Waals surface area contributed by atoms with Crippen LogP contribution in [0.4, 0.5) is 0 Å². The lowest BCUT2D eigenvalue weighted by atomic mass is 10.2. The SMILES string of the molecule is CCNC(=O)CN(CC)C(=O)COC(=O)/C=C/c1ccc(SC)cc1. The van der Waals surface area contributed by atoms with Gasteiger partial charge in [0, 0.05) is 24.1 Å². The van der Waals surface area contributed by atoms with Crippen molar-refractivity contribution in [3.63, 3.8) is 0 Å². The first kappa shape index (κ1) is 20.8. The highest BCUT2D eigenvalue weighted by molar-refractivity contribution is 7.98. The van der Waals surface area contributed by atoms with E-state index >= 15 is 0 Å². The minimum Gasteiger partial charge on any atom is -0.452 e. The predicted octanol–water partition coefficient (Wildman–Crippen LogP) is 1.95. The standard InChI is InChI=1S/C18H24N2O4S/c1-4-19-16(21)12-20(5-2)17(22)13-24-18(23)11-8-14-6-9-15(25-3)10-7-14/h6-11H,4-5,12-13H2,1-3H3,(H,19,21)/b11-8+. The fourth-order valence-electron chi connectivity index (χ4n) is 1.95. The van der Waals surface area contributed by atoms with Gasteiger partial charge in [0.15, 0.2) is 6.61 Å². The molecule has 0 bridgehead atoms. The van der Waals surface area contributed by atoms with Gasteiger partial charge in [-0.15, -0.1) is 11.8 Å². The Morgan fingerprint density at radius 2 is 1.88 bits per heavy atom. The zero-order chi connectivity index (χ0) is 18.7. The van der Waals surface area contributed by atoms with Gasteiger partial charge in [0.2, 0.25) is 5.91 Å². The van der Waals surface area contributed by atoms with E-state index in [-0.39, 0.29) is 19.1 Å². The monoisotopic (exact) mass is 364 g/mol. The first-order chi connectivity index (χ1) is 12.0. The summed E-state index contributed by atoms with van der Waals surface area (Å²) in [6.07, 6.45) is 4.90. The van der Waals surface area contributed by atoms with Crippen molar-refractivity contribution in [1.29, 1.82) is 0 Å². The van der Waals surface area contributed by atoms with Crippen LogP contribution in [0, 0.1) is 0 Å². The van der Waals surface area contributed by atoms with Crippen molar-refractivity contribution in [1.82, 2.24) is 10.2 Å². The zero-order valence-corrected chi connectivity index (χ0v) is 15.6. The molecule has 0 aliphatic rings. The maximum atomic E-state index is 12.0. The van der Waals surface area contributed by atoms with E-state index in [0.717, 1.165) is 10.5 Å². The topological polar surface area (TPSA) is 75.7 Å². The molecule has 136 valence electrons. The van der Waals surface area contributed by atoms with Crippen LogP contribution in [0.2, 0.25) is 0 Å². The average molecular weight is 364 g/mol.